The van der Waals surface area contributed by atoms with E-state index in [1.54, 1.807) is 7.11 Å². The minimum atomic E-state index is -0.370. The van der Waals surface area contributed by atoms with Crippen molar-refractivity contribution in [2.45, 2.75) is 44.3 Å². The van der Waals surface area contributed by atoms with E-state index in [0.717, 1.165) is 42.6 Å². The Morgan fingerprint density at radius 1 is 1.06 bits per heavy atom. The Hall–Kier alpha value is -3.06. The molecule has 32 heavy (non-hydrogen) atoms. The first-order valence-electron chi connectivity index (χ1n) is 11.1. The van der Waals surface area contributed by atoms with Gasteiger partial charge < -0.3 is 25.8 Å². The number of hydrogen-bond donors (Lipinski definition) is 4. The first-order valence-corrected chi connectivity index (χ1v) is 11.1. The predicted molar refractivity (Wildman–Crippen MR) is 121 cm³/mol. The summed E-state index contributed by atoms with van der Waals surface area (Å²) in [6.45, 7) is 0.342. The fourth-order valence-electron chi connectivity index (χ4n) is 4.96. The van der Waals surface area contributed by atoms with Gasteiger partial charge in [0.1, 0.15) is 5.75 Å². The van der Waals surface area contributed by atoms with Crippen molar-refractivity contribution in [3.63, 3.8) is 0 Å². The fraction of sp³-hybridized carbons (Fsp3) is 0.440. The van der Waals surface area contributed by atoms with Crippen LogP contribution in [0.2, 0.25) is 0 Å². The Morgan fingerprint density at radius 2 is 1.75 bits per heavy atom. The molecule has 2 fully saturated rings. The van der Waals surface area contributed by atoms with Gasteiger partial charge in [-0.15, -0.1) is 0 Å². The number of methoxy groups -OCH3 is 1. The number of aliphatic hydroxyl groups excluding tert-OH is 1. The topological polar surface area (TPSA) is 99.7 Å². The zero-order chi connectivity index (χ0) is 22.6. The molecule has 170 valence electrons. The second-order valence-electron chi connectivity index (χ2n) is 9.04. The van der Waals surface area contributed by atoms with E-state index in [1.807, 2.05) is 54.6 Å². The molecule has 1 atom stereocenters. The van der Waals surface area contributed by atoms with Crippen LogP contribution < -0.4 is 20.7 Å². The van der Waals surface area contributed by atoms with Gasteiger partial charge >= 0.3 is 6.03 Å². The van der Waals surface area contributed by atoms with Crippen molar-refractivity contribution < 1.29 is 19.4 Å². The predicted octanol–water partition coefficient (Wildman–Crippen LogP) is 2.90. The second kappa shape index (κ2) is 9.61. The van der Waals surface area contributed by atoms with Crippen LogP contribution in [0.3, 0.4) is 0 Å². The quantitative estimate of drug-likeness (QED) is 0.510. The number of rotatable bonds is 8. The van der Waals surface area contributed by atoms with Crippen LogP contribution >= 0.6 is 0 Å². The number of carbonyl (C=O) groups excluding carboxylic acids is 2. The van der Waals surface area contributed by atoms with Crippen LogP contribution in [-0.4, -0.2) is 36.8 Å². The number of urea groups is 1. The maximum Gasteiger partial charge on any atom is 0.315 e. The lowest BCUT2D eigenvalue weighted by molar-refractivity contribution is -0.139. The molecule has 2 aliphatic rings. The normalized spacial score (nSPS) is 24.6. The first-order chi connectivity index (χ1) is 15.5. The molecule has 3 amide bonds. The van der Waals surface area contributed by atoms with Crippen molar-refractivity contribution in [2.24, 2.45) is 11.3 Å². The summed E-state index contributed by atoms with van der Waals surface area (Å²) in [6.07, 6.45) is 3.51. The molecule has 4 N–H and O–H groups in total. The highest BCUT2D eigenvalue weighted by molar-refractivity contribution is 5.80. The average Bonchev–Trinajstić information content (AvgIpc) is 2.77. The van der Waals surface area contributed by atoms with Crippen molar-refractivity contribution in [1.82, 2.24) is 16.0 Å². The van der Waals surface area contributed by atoms with Crippen molar-refractivity contribution >= 4 is 11.9 Å². The van der Waals surface area contributed by atoms with Crippen LogP contribution in [-0.2, 0) is 11.3 Å². The number of nitrogens with one attached hydrogen (secondary N) is 3. The Kier molecular flexibility index (Phi) is 6.65. The fourth-order valence-corrected chi connectivity index (χ4v) is 4.96. The summed E-state index contributed by atoms with van der Waals surface area (Å²) in [5.41, 5.74) is 2.10. The molecular weight excluding hydrogens is 406 g/mol. The average molecular weight is 438 g/mol. The molecule has 7 heteroatoms. The van der Waals surface area contributed by atoms with E-state index in [4.69, 9.17) is 4.74 Å². The highest BCUT2D eigenvalue weighted by atomic mass is 16.5. The van der Waals surface area contributed by atoms with E-state index in [0.29, 0.717) is 6.54 Å². The van der Waals surface area contributed by atoms with Gasteiger partial charge in [0.05, 0.1) is 19.8 Å². The molecule has 0 aliphatic heterocycles. The number of carbonyl (C=O) groups is 2. The molecule has 7 nitrogen and oxygen atoms in total. The number of ether oxygens (including phenoxy) is 1. The molecule has 2 aromatic rings. The van der Waals surface area contributed by atoms with E-state index >= 15 is 0 Å². The first kappa shape index (κ1) is 22.1. The van der Waals surface area contributed by atoms with Gasteiger partial charge in [-0.3, -0.25) is 4.79 Å². The lowest BCUT2D eigenvalue weighted by atomic mass is 9.50. The van der Waals surface area contributed by atoms with Gasteiger partial charge in [0.2, 0.25) is 5.91 Å². The second-order valence-corrected chi connectivity index (χ2v) is 9.04. The van der Waals surface area contributed by atoms with Crippen LogP contribution in [0.4, 0.5) is 4.79 Å². The number of benzene rings is 2. The highest BCUT2D eigenvalue weighted by Crippen LogP contribution is 2.58. The molecular formula is C25H31N3O4. The van der Waals surface area contributed by atoms with Crippen molar-refractivity contribution in [2.75, 3.05) is 13.7 Å². The number of amides is 3. The third-order valence-electron chi connectivity index (χ3n) is 6.74. The Labute approximate surface area is 188 Å². The van der Waals surface area contributed by atoms with E-state index in [2.05, 4.69) is 16.0 Å². The maximum absolute atomic E-state index is 12.6. The summed E-state index contributed by atoms with van der Waals surface area (Å²) in [5.74, 6) is 0.780. The number of aliphatic hydroxyl groups is 1. The number of hydrogen-bond acceptors (Lipinski definition) is 4. The Morgan fingerprint density at radius 3 is 2.38 bits per heavy atom. The molecule has 0 bridgehead atoms. The lowest BCUT2D eigenvalue weighted by Crippen LogP contribution is -2.59. The Bertz CT molecular complexity index is 918. The molecule has 2 aliphatic carbocycles. The summed E-state index contributed by atoms with van der Waals surface area (Å²) in [6, 6.07) is 16.7. The van der Waals surface area contributed by atoms with Crippen LogP contribution in [0, 0.1) is 11.3 Å². The zero-order valence-electron chi connectivity index (χ0n) is 18.3. The molecule has 0 unspecified atom stereocenters. The molecule has 0 aromatic heterocycles. The Balaban J connectivity index is 1.15. The van der Waals surface area contributed by atoms with Crippen molar-refractivity contribution in [1.29, 1.82) is 0 Å². The largest absolute Gasteiger partial charge is 0.497 e. The summed E-state index contributed by atoms with van der Waals surface area (Å²) >= 11 is 0. The van der Waals surface area contributed by atoms with E-state index in [1.165, 1.54) is 0 Å². The van der Waals surface area contributed by atoms with Gasteiger partial charge in [0.15, 0.2) is 0 Å². The van der Waals surface area contributed by atoms with Gasteiger partial charge in [0.25, 0.3) is 0 Å². The molecule has 0 saturated heterocycles. The van der Waals surface area contributed by atoms with Crippen LogP contribution in [0.5, 0.6) is 5.75 Å². The molecule has 2 saturated carbocycles. The minimum Gasteiger partial charge on any atom is -0.497 e. The maximum atomic E-state index is 12.6. The van der Waals surface area contributed by atoms with Gasteiger partial charge in [-0.2, -0.15) is 0 Å². The van der Waals surface area contributed by atoms with Crippen LogP contribution in [0.15, 0.2) is 54.6 Å². The van der Waals surface area contributed by atoms with Gasteiger partial charge in [-0.25, -0.2) is 4.79 Å². The molecule has 4 rings (SSSR count). The minimum absolute atomic E-state index is 0.00664. The molecule has 2 aromatic carbocycles. The van der Waals surface area contributed by atoms with Gasteiger partial charge in [0, 0.05) is 18.5 Å². The summed E-state index contributed by atoms with van der Waals surface area (Å²) < 4.78 is 5.14. The van der Waals surface area contributed by atoms with E-state index in [9.17, 15) is 14.7 Å². The van der Waals surface area contributed by atoms with Crippen molar-refractivity contribution in [3.05, 3.63) is 65.7 Å². The molecule has 1 spiro atoms. The molecule has 0 heterocycles. The van der Waals surface area contributed by atoms with E-state index < -0.39 is 0 Å². The summed E-state index contributed by atoms with van der Waals surface area (Å²) in [7, 11) is 1.62. The van der Waals surface area contributed by atoms with Crippen LogP contribution in [0.25, 0.3) is 0 Å². The van der Waals surface area contributed by atoms with E-state index in [-0.39, 0.29) is 42.0 Å². The smallest absolute Gasteiger partial charge is 0.315 e. The van der Waals surface area contributed by atoms with Crippen molar-refractivity contribution in [3.8, 4) is 5.75 Å². The monoisotopic (exact) mass is 437 g/mol. The standard InChI is InChI=1S/C25H31N3O4/c1-32-21-9-7-17(8-10-21)15-26-24(31)27-20-13-25(14-20)11-19(12-25)23(30)28-22(16-29)18-5-3-2-4-6-18/h2-10,19-20,22,29H,11-16H2,1H3,(H,28,30)(H2,26,27,31)/t19?,20?,22-,25?/m1/s1. The summed E-state index contributed by atoms with van der Waals surface area (Å²) in [4.78, 5) is 24.8. The van der Waals surface area contributed by atoms with Gasteiger partial charge in [-0.1, -0.05) is 42.5 Å². The lowest BCUT2D eigenvalue weighted by Gasteiger charge is -2.57. The van der Waals surface area contributed by atoms with Crippen LogP contribution in [0.1, 0.15) is 42.9 Å². The third-order valence-corrected chi connectivity index (χ3v) is 6.74. The zero-order valence-corrected chi connectivity index (χ0v) is 18.3. The SMILES string of the molecule is COc1ccc(CNC(=O)NC2CC3(C2)CC(C(=O)N[C@H](CO)c2ccccc2)C3)cc1. The molecule has 0 radical (unpaired) electrons. The highest BCUT2D eigenvalue weighted by Gasteiger charge is 2.55. The third kappa shape index (κ3) is 5.05. The summed E-state index contributed by atoms with van der Waals surface area (Å²) in [5, 5.41) is 18.6. The van der Waals surface area contributed by atoms with Gasteiger partial charge in [-0.05, 0) is 54.4 Å².